The zero-order chi connectivity index (χ0) is 23.1. The van der Waals surface area contributed by atoms with Crippen LogP contribution in [0.1, 0.15) is 32.6 Å². The number of benzene rings is 1. The van der Waals surface area contributed by atoms with Crippen LogP contribution in [-0.4, -0.2) is 50.6 Å². The van der Waals surface area contributed by atoms with Gasteiger partial charge in [-0.3, -0.25) is 14.3 Å². The first-order chi connectivity index (χ1) is 15.4. The number of nitrogens with one attached hydrogen (secondary N) is 2. The molecule has 0 saturated heterocycles. The number of aryl methyl sites for hydroxylation is 1. The summed E-state index contributed by atoms with van der Waals surface area (Å²) in [6.45, 7) is 2.92. The van der Waals surface area contributed by atoms with Crippen molar-refractivity contribution in [1.29, 1.82) is 0 Å². The van der Waals surface area contributed by atoms with E-state index >= 15 is 0 Å². The third-order valence-electron chi connectivity index (χ3n) is 5.22. The summed E-state index contributed by atoms with van der Waals surface area (Å²) in [4.78, 5) is 31.3. The van der Waals surface area contributed by atoms with E-state index in [-0.39, 0.29) is 24.3 Å². The largest absolute Gasteiger partial charge is 0.497 e. The number of hydrogen-bond acceptors (Lipinski definition) is 7. The Morgan fingerprint density at radius 1 is 1.16 bits per heavy atom. The molecule has 1 aromatic carbocycles. The normalized spacial score (nSPS) is 12.1. The van der Waals surface area contributed by atoms with Gasteiger partial charge in [0.05, 0.1) is 13.7 Å². The second-order valence-electron chi connectivity index (χ2n) is 7.66. The van der Waals surface area contributed by atoms with Crippen molar-refractivity contribution in [2.45, 2.75) is 45.3 Å². The van der Waals surface area contributed by atoms with Crippen molar-refractivity contribution in [2.75, 3.05) is 25.6 Å². The van der Waals surface area contributed by atoms with Crippen LogP contribution in [0.3, 0.4) is 0 Å². The van der Waals surface area contributed by atoms with Crippen molar-refractivity contribution in [2.24, 2.45) is 7.05 Å². The minimum Gasteiger partial charge on any atom is -0.497 e. The Morgan fingerprint density at radius 3 is 2.56 bits per heavy atom. The highest BCUT2D eigenvalue weighted by Crippen LogP contribution is 2.19. The zero-order valence-electron chi connectivity index (χ0n) is 18.8. The van der Waals surface area contributed by atoms with E-state index in [1.807, 2.05) is 0 Å². The molecule has 0 aliphatic rings. The average molecular weight is 446 g/mol. The summed E-state index contributed by atoms with van der Waals surface area (Å²) < 4.78 is 13.7. The number of unbranched alkanes of at least 4 members (excludes halogenated alkanes) is 3. The number of hydrogen-bond donors (Lipinski definition) is 3. The molecule has 0 saturated carbocycles. The van der Waals surface area contributed by atoms with E-state index in [0.29, 0.717) is 24.0 Å². The molecule has 0 spiro atoms. The molecule has 2 heterocycles. The summed E-state index contributed by atoms with van der Waals surface area (Å²) >= 11 is 0. The van der Waals surface area contributed by atoms with Gasteiger partial charge in [0, 0.05) is 13.6 Å². The molecule has 0 bridgehead atoms. The molecule has 1 atom stereocenters. The lowest BCUT2D eigenvalue weighted by molar-refractivity contribution is 0.0938. The quantitative estimate of drug-likeness (QED) is 0.364. The van der Waals surface area contributed by atoms with E-state index in [0.717, 1.165) is 25.7 Å². The van der Waals surface area contributed by atoms with Gasteiger partial charge in [-0.25, -0.2) is 4.79 Å². The monoisotopic (exact) mass is 445 g/mol. The fourth-order valence-electron chi connectivity index (χ4n) is 3.43. The minimum atomic E-state index is -0.910. The molecule has 10 nitrogen and oxygen atoms in total. The number of aliphatic hydroxyl groups excluding tert-OH is 1. The molecule has 0 fully saturated rings. The highest BCUT2D eigenvalue weighted by molar-refractivity contribution is 5.74. The van der Waals surface area contributed by atoms with Crippen LogP contribution in [0.25, 0.3) is 11.2 Å². The van der Waals surface area contributed by atoms with Crippen molar-refractivity contribution < 1.29 is 14.6 Å². The molecular weight excluding hydrogens is 414 g/mol. The standard InChI is InChI=1S/C22H31N5O5/c1-4-5-6-7-12-23-21-24-19-18(20(29)25-22(30)26(19)2)27(21)13-15(28)14-32-17-10-8-16(31-3)9-11-17/h8-11,15,28H,4-7,12-14H2,1-3H3,(H,23,24)(H,25,29,30)/t15-/m1/s1. The van der Waals surface area contributed by atoms with Crippen molar-refractivity contribution >= 4 is 17.1 Å². The SMILES string of the molecule is CCCCCCNc1nc2c(c(=O)[nH]c(=O)n2C)n1C[C@@H](O)COc1ccc(OC)cc1. The van der Waals surface area contributed by atoms with E-state index in [2.05, 4.69) is 22.2 Å². The number of aromatic amines is 1. The molecular formula is C22H31N5O5. The number of ether oxygens (including phenoxy) is 2. The number of anilines is 1. The third-order valence-corrected chi connectivity index (χ3v) is 5.22. The number of methoxy groups -OCH3 is 1. The van der Waals surface area contributed by atoms with Gasteiger partial charge in [-0.1, -0.05) is 26.2 Å². The minimum absolute atomic E-state index is 0.0195. The first-order valence-electron chi connectivity index (χ1n) is 10.8. The van der Waals surface area contributed by atoms with E-state index in [9.17, 15) is 14.7 Å². The molecule has 10 heteroatoms. The molecule has 174 valence electrons. The van der Waals surface area contributed by atoms with Gasteiger partial charge in [0.25, 0.3) is 5.56 Å². The topological polar surface area (TPSA) is 123 Å². The fourth-order valence-corrected chi connectivity index (χ4v) is 3.43. The molecule has 3 aromatic rings. The number of fused-ring (bicyclic) bond motifs is 1. The van der Waals surface area contributed by atoms with E-state index in [1.165, 1.54) is 4.57 Å². The van der Waals surface area contributed by atoms with Crippen LogP contribution in [0.5, 0.6) is 11.5 Å². The summed E-state index contributed by atoms with van der Waals surface area (Å²) in [6, 6.07) is 7.04. The van der Waals surface area contributed by atoms with Crippen LogP contribution >= 0.6 is 0 Å². The highest BCUT2D eigenvalue weighted by Gasteiger charge is 2.19. The van der Waals surface area contributed by atoms with Crippen molar-refractivity contribution in [1.82, 2.24) is 19.1 Å². The fraction of sp³-hybridized carbons (Fsp3) is 0.500. The maximum absolute atomic E-state index is 12.5. The number of rotatable bonds is 12. The Kier molecular flexibility index (Phi) is 7.93. The van der Waals surface area contributed by atoms with Crippen LogP contribution in [0.15, 0.2) is 33.9 Å². The summed E-state index contributed by atoms with van der Waals surface area (Å²) in [7, 11) is 3.13. The van der Waals surface area contributed by atoms with Crippen LogP contribution in [0.4, 0.5) is 5.95 Å². The Hall–Kier alpha value is -3.27. The van der Waals surface area contributed by atoms with Crippen molar-refractivity contribution in [3.63, 3.8) is 0 Å². The molecule has 3 N–H and O–H groups in total. The first-order valence-corrected chi connectivity index (χ1v) is 10.8. The predicted octanol–water partition coefficient (Wildman–Crippen LogP) is 1.86. The number of aromatic nitrogens is 4. The van der Waals surface area contributed by atoms with E-state index < -0.39 is 17.4 Å². The maximum Gasteiger partial charge on any atom is 0.329 e. The Morgan fingerprint density at radius 2 is 1.88 bits per heavy atom. The first kappa shape index (κ1) is 23.4. The molecule has 0 aliphatic carbocycles. The Labute approximate surface area is 185 Å². The molecule has 0 unspecified atom stereocenters. The van der Waals surface area contributed by atoms with E-state index in [4.69, 9.17) is 9.47 Å². The smallest absolute Gasteiger partial charge is 0.329 e. The van der Waals surface area contributed by atoms with E-state index in [1.54, 1.807) is 43.0 Å². The second kappa shape index (κ2) is 10.9. The molecule has 0 aliphatic heterocycles. The van der Waals surface area contributed by atoms with Gasteiger partial charge >= 0.3 is 5.69 Å². The third kappa shape index (κ3) is 5.50. The Balaban J connectivity index is 1.78. The lowest BCUT2D eigenvalue weighted by atomic mass is 10.2. The second-order valence-corrected chi connectivity index (χ2v) is 7.66. The van der Waals surface area contributed by atoms with Gasteiger partial charge in [-0.15, -0.1) is 0 Å². The predicted molar refractivity (Wildman–Crippen MR) is 123 cm³/mol. The van der Waals surface area contributed by atoms with Gasteiger partial charge < -0.3 is 24.5 Å². The lowest BCUT2D eigenvalue weighted by Gasteiger charge is -2.16. The van der Waals surface area contributed by atoms with Gasteiger partial charge in [-0.05, 0) is 30.7 Å². The number of H-pyrrole nitrogens is 1. The van der Waals surface area contributed by atoms with Gasteiger partial charge in [0.2, 0.25) is 5.95 Å². The summed E-state index contributed by atoms with van der Waals surface area (Å²) in [5, 5.41) is 13.9. The summed E-state index contributed by atoms with van der Waals surface area (Å²) in [6.07, 6.45) is 3.41. The van der Waals surface area contributed by atoms with Gasteiger partial charge in [0.1, 0.15) is 24.2 Å². The zero-order valence-corrected chi connectivity index (χ0v) is 18.8. The average Bonchev–Trinajstić information content (AvgIpc) is 3.15. The van der Waals surface area contributed by atoms with Gasteiger partial charge in [0.15, 0.2) is 11.2 Å². The molecule has 3 rings (SSSR count). The lowest BCUT2D eigenvalue weighted by Crippen LogP contribution is -2.31. The highest BCUT2D eigenvalue weighted by atomic mass is 16.5. The van der Waals surface area contributed by atoms with Crippen LogP contribution < -0.4 is 26.0 Å². The summed E-state index contributed by atoms with van der Waals surface area (Å²) in [5.41, 5.74) is -0.590. The molecule has 2 aromatic heterocycles. The van der Waals surface area contributed by atoms with Crippen molar-refractivity contribution in [3.8, 4) is 11.5 Å². The molecule has 0 radical (unpaired) electrons. The van der Waals surface area contributed by atoms with Crippen LogP contribution in [-0.2, 0) is 13.6 Å². The molecule has 0 amide bonds. The maximum atomic E-state index is 12.5. The number of nitrogens with zero attached hydrogens (tertiary/aromatic N) is 3. The van der Waals surface area contributed by atoms with Crippen molar-refractivity contribution in [3.05, 3.63) is 45.1 Å². The number of aliphatic hydroxyl groups is 1. The number of imidazole rings is 1. The van der Waals surface area contributed by atoms with Crippen LogP contribution in [0, 0.1) is 0 Å². The van der Waals surface area contributed by atoms with Crippen LogP contribution in [0.2, 0.25) is 0 Å². The summed E-state index contributed by atoms with van der Waals surface area (Å²) in [5.74, 6) is 1.74. The molecule has 32 heavy (non-hydrogen) atoms. The Bertz CT molecular complexity index is 1130. The van der Waals surface area contributed by atoms with Gasteiger partial charge in [-0.2, -0.15) is 4.98 Å².